The molecule has 0 N–H and O–H groups in total. The van der Waals surface area contributed by atoms with Gasteiger partial charge in [0.15, 0.2) is 5.82 Å². The lowest BCUT2D eigenvalue weighted by molar-refractivity contribution is 0.0211. The van der Waals surface area contributed by atoms with Gasteiger partial charge in [-0.15, -0.1) is 0 Å². The number of piperidine rings is 1. The van der Waals surface area contributed by atoms with Gasteiger partial charge in [-0.2, -0.15) is 4.98 Å². The standard InChI is InChI=1S/C20H34N4O4/c1-3-23(4-2)20(25)24-11-6-5-7-17(24)19-21-18(22-28-19)10-14-27-15-16-8-12-26-13-9-16/h16-17H,3-15H2,1-2H3. The highest BCUT2D eigenvalue weighted by Crippen LogP contribution is 2.30. The van der Waals surface area contributed by atoms with E-state index in [4.69, 9.17) is 14.0 Å². The average molecular weight is 395 g/mol. The number of hydrogen-bond acceptors (Lipinski definition) is 6. The predicted molar refractivity (Wildman–Crippen MR) is 104 cm³/mol. The molecule has 0 aromatic carbocycles. The zero-order chi connectivity index (χ0) is 19.8. The number of urea groups is 1. The van der Waals surface area contributed by atoms with Crippen LogP contribution in [0.2, 0.25) is 0 Å². The van der Waals surface area contributed by atoms with Crippen molar-refractivity contribution in [3.05, 3.63) is 11.7 Å². The third kappa shape index (κ3) is 5.44. The van der Waals surface area contributed by atoms with Gasteiger partial charge in [0.2, 0.25) is 5.89 Å². The Bertz CT molecular complexity index is 599. The first-order valence-corrected chi connectivity index (χ1v) is 10.8. The summed E-state index contributed by atoms with van der Waals surface area (Å²) in [6.45, 7) is 9.20. The third-order valence-electron chi connectivity index (χ3n) is 5.72. The second kappa shape index (κ2) is 10.8. The summed E-state index contributed by atoms with van der Waals surface area (Å²) < 4.78 is 16.7. The molecule has 158 valence electrons. The Morgan fingerprint density at radius 2 is 2.00 bits per heavy atom. The predicted octanol–water partition coefficient (Wildman–Crippen LogP) is 3.04. The molecule has 2 saturated heterocycles. The number of rotatable bonds is 8. The molecule has 0 radical (unpaired) electrons. The molecule has 0 spiro atoms. The van der Waals surface area contributed by atoms with Gasteiger partial charge < -0.3 is 23.8 Å². The summed E-state index contributed by atoms with van der Waals surface area (Å²) in [6.07, 6.45) is 5.73. The summed E-state index contributed by atoms with van der Waals surface area (Å²) in [5, 5.41) is 4.12. The maximum Gasteiger partial charge on any atom is 0.320 e. The van der Waals surface area contributed by atoms with Gasteiger partial charge in [-0.3, -0.25) is 0 Å². The van der Waals surface area contributed by atoms with Gasteiger partial charge in [-0.25, -0.2) is 4.79 Å². The van der Waals surface area contributed by atoms with Gasteiger partial charge in [0.05, 0.1) is 6.61 Å². The Balaban J connectivity index is 1.51. The van der Waals surface area contributed by atoms with E-state index in [1.807, 2.05) is 23.6 Å². The molecule has 1 aromatic rings. The molecular weight excluding hydrogens is 360 g/mol. The second-order valence-electron chi connectivity index (χ2n) is 7.59. The maximum absolute atomic E-state index is 12.8. The Hall–Kier alpha value is -1.67. The number of likely N-dealkylation sites (tertiary alicyclic amines) is 1. The van der Waals surface area contributed by atoms with Crippen molar-refractivity contribution >= 4 is 6.03 Å². The van der Waals surface area contributed by atoms with Crippen LogP contribution < -0.4 is 0 Å². The Morgan fingerprint density at radius 3 is 2.75 bits per heavy atom. The first-order valence-electron chi connectivity index (χ1n) is 10.8. The fourth-order valence-electron chi connectivity index (χ4n) is 3.92. The molecule has 2 aliphatic rings. The lowest BCUT2D eigenvalue weighted by Crippen LogP contribution is -2.46. The summed E-state index contributed by atoms with van der Waals surface area (Å²) >= 11 is 0. The molecule has 1 atom stereocenters. The van der Waals surface area contributed by atoms with E-state index >= 15 is 0 Å². The van der Waals surface area contributed by atoms with Crippen LogP contribution >= 0.6 is 0 Å². The number of carbonyl (C=O) groups is 1. The van der Waals surface area contributed by atoms with Crippen LogP contribution in [-0.4, -0.2) is 72.0 Å². The van der Waals surface area contributed by atoms with Crippen LogP contribution in [0.1, 0.15) is 63.7 Å². The molecule has 0 saturated carbocycles. The molecule has 0 bridgehead atoms. The molecule has 28 heavy (non-hydrogen) atoms. The normalized spacial score (nSPS) is 21.1. The van der Waals surface area contributed by atoms with Crippen LogP contribution in [-0.2, 0) is 15.9 Å². The summed E-state index contributed by atoms with van der Waals surface area (Å²) in [6, 6.07) is -0.0551. The largest absolute Gasteiger partial charge is 0.381 e. The van der Waals surface area contributed by atoms with Crippen LogP contribution in [0.5, 0.6) is 0 Å². The zero-order valence-electron chi connectivity index (χ0n) is 17.3. The van der Waals surface area contributed by atoms with Crippen LogP contribution in [0.15, 0.2) is 4.52 Å². The van der Waals surface area contributed by atoms with Crippen molar-refractivity contribution < 1.29 is 18.8 Å². The summed E-state index contributed by atoms with van der Waals surface area (Å²) in [5.74, 6) is 1.80. The number of amides is 2. The quantitative estimate of drug-likeness (QED) is 0.631. The minimum Gasteiger partial charge on any atom is -0.381 e. The highest BCUT2D eigenvalue weighted by Gasteiger charge is 2.33. The van der Waals surface area contributed by atoms with Crippen molar-refractivity contribution in [2.45, 2.75) is 58.4 Å². The second-order valence-corrected chi connectivity index (χ2v) is 7.59. The molecule has 2 fully saturated rings. The molecule has 0 aliphatic carbocycles. The van der Waals surface area contributed by atoms with E-state index in [9.17, 15) is 4.79 Å². The first-order chi connectivity index (χ1) is 13.7. The van der Waals surface area contributed by atoms with Crippen molar-refractivity contribution in [1.29, 1.82) is 0 Å². The number of hydrogen-bond donors (Lipinski definition) is 0. The summed E-state index contributed by atoms with van der Waals surface area (Å²) in [4.78, 5) is 21.2. The van der Waals surface area contributed by atoms with Gasteiger partial charge in [0, 0.05) is 45.9 Å². The van der Waals surface area contributed by atoms with Crippen LogP contribution in [0.25, 0.3) is 0 Å². The number of aromatic nitrogens is 2. The van der Waals surface area contributed by atoms with Crippen LogP contribution in [0, 0.1) is 5.92 Å². The molecule has 3 rings (SSSR count). The molecular formula is C20H34N4O4. The summed E-state index contributed by atoms with van der Waals surface area (Å²) in [7, 11) is 0. The third-order valence-corrected chi connectivity index (χ3v) is 5.72. The van der Waals surface area contributed by atoms with Crippen molar-refractivity contribution in [3.8, 4) is 0 Å². The highest BCUT2D eigenvalue weighted by molar-refractivity contribution is 5.75. The van der Waals surface area contributed by atoms with E-state index in [-0.39, 0.29) is 12.1 Å². The topological polar surface area (TPSA) is 80.9 Å². The molecule has 1 aromatic heterocycles. The van der Waals surface area contributed by atoms with Crippen molar-refractivity contribution in [2.75, 3.05) is 46.1 Å². The number of ether oxygens (including phenoxy) is 2. The Morgan fingerprint density at radius 1 is 1.21 bits per heavy atom. The van der Waals surface area contributed by atoms with Crippen molar-refractivity contribution in [1.82, 2.24) is 19.9 Å². The minimum atomic E-state index is -0.119. The highest BCUT2D eigenvalue weighted by atomic mass is 16.5. The van der Waals surface area contributed by atoms with E-state index in [1.165, 1.54) is 0 Å². The van der Waals surface area contributed by atoms with Crippen molar-refractivity contribution in [2.24, 2.45) is 5.92 Å². The van der Waals surface area contributed by atoms with Crippen LogP contribution in [0.3, 0.4) is 0 Å². The number of carbonyl (C=O) groups excluding carboxylic acids is 1. The van der Waals surface area contributed by atoms with Gasteiger partial charge in [0.1, 0.15) is 6.04 Å². The van der Waals surface area contributed by atoms with Gasteiger partial charge >= 0.3 is 6.03 Å². The zero-order valence-corrected chi connectivity index (χ0v) is 17.3. The van der Waals surface area contributed by atoms with E-state index in [0.717, 1.165) is 58.5 Å². The maximum atomic E-state index is 12.8. The fraction of sp³-hybridized carbons (Fsp3) is 0.850. The van der Waals surface area contributed by atoms with Gasteiger partial charge in [-0.05, 0) is 51.9 Å². The van der Waals surface area contributed by atoms with E-state index in [2.05, 4.69) is 10.1 Å². The molecule has 1 unspecified atom stereocenters. The monoisotopic (exact) mass is 394 g/mol. The van der Waals surface area contributed by atoms with Crippen LogP contribution in [0.4, 0.5) is 4.79 Å². The SMILES string of the molecule is CCN(CC)C(=O)N1CCCCC1c1nc(CCOCC2CCOCC2)no1. The fourth-order valence-corrected chi connectivity index (χ4v) is 3.92. The lowest BCUT2D eigenvalue weighted by atomic mass is 10.0. The first kappa shape index (κ1) is 21.0. The average Bonchev–Trinajstić information content (AvgIpc) is 3.21. The van der Waals surface area contributed by atoms with E-state index < -0.39 is 0 Å². The summed E-state index contributed by atoms with van der Waals surface area (Å²) in [5.41, 5.74) is 0. The molecule has 8 nitrogen and oxygen atoms in total. The van der Waals surface area contributed by atoms with Crippen molar-refractivity contribution in [3.63, 3.8) is 0 Å². The minimum absolute atomic E-state index is 0.0641. The van der Waals surface area contributed by atoms with E-state index in [0.29, 0.717) is 43.8 Å². The van der Waals surface area contributed by atoms with E-state index in [1.54, 1.807) is 0 Å². The lowest BCUT2D eigenvalue weighted by Gasteiger charge is -2.36. The molecule has 8 heteroatoms. The number of nitrogens with zero attached hydrogens (tertiary/aromatic N) is 4. The van der Waals surface area contributed by atoms with Gasteiger partial charge in [0.25, 0.3) is 0 Å². The van der Waals surface area contributed by atoms with Gasteiger partial charge in [-0.1, -0.05) is 5.16 Å². The molecule has 3 heterocycles. The molecule has 2 amide bonds. The Kier molecular flexibility index (Phi) is 8.09. The smallest absolute Gasteiger partial charge is 0.320 e. The Labute approximate surface area is 167 Å². The molecule has 2 aliphatic heterocycles.